The van der Waals surface area contributed by atoms with Crippen LogP contribution in [0.5, 0.6) is 0 Å². The van der Waals surface area contributed by atoms with Gasteiger partial charge in [0.1, 0.15) is 23.4 Å². The van der Waals surface area contributed by atoms with Crippen molar-refractivity contribution in [3.05, 3.63) is 87.7 Å². The molecular formula is C19H18FN5O3. The Balaban J connectivity index is 1.96. The van der Waals surface area contributed by atoms with E-state index in [1.807, 2.05) is 0 Å². The number of halogens is 1. The summed E-state index contributed by atoms with van der Waals surface area (Å²) in [5.74, 6) is -0.365. The molecule has 1 unspecified atom stereocenters. The number of carbonyl (C=O) groups excluding carboxylic acids is 1. The minimum Gasteiger partial charge on any atom is -0.383 e. The molecule has 3 aromatic rings. The first kappa shape index (κ1) is 19.0. The molecule has 9 heteroatoms. The summed E-state index contributed by atoms with van der Waals surface area (Å²) in [5, 5.41) is 16.8. The molecule has 2 aromatic carbocycles. The van der Waals surface area contributed by atoms with E-state index >= 15 is 0 Å². The van der Waals surface area contributed by atoms with E-state index < -0.39 is 22.7 Å². The van der Waals surface area contributed by atoms with Crippen LogP contribution in [0.15, 0.2) is 54.9 Å². The SMILES string of the molecule is CNc1ccc(C(=O)NC(c2ccc(F)cc2)c2nccn2C)cc1[N+](=O)[O-]. The first-order chi connectivity index (χ1) is 13.4. The van der Waals surface area contributed by atoms with Crippen molar-refractivity contribution in [1.29, 1.82) is 0 Å². The van der Waals surface area contributed by atoms with Crippen LogP contribution in [0.1, 0.15) is 27.8 Å². The molecule has 1 atom stereocenters. The number of anilines is 1. The number of hydrogen-bond donors (Lipinski definition) is 2. The molecular weight excluding hydrogens is 365 g/mol. The van der Waals surface area contributed by atoms with E-state index in [-0.39, 0.29) is 11.3 Å². The maximum atomic E-state index is 13.3. The van der Waals surface area contributed by atoms with Gasteiger partial charge in [-0.3, -0.25) is 14.9 Å². The van der Waals surface area contributed by atoms with E-state index in [9.17, 15) is 19.3 Å². The van der Waals surface area contributed by atoms with Crippen LogP contribution in [0, 0.1) is 15.9 Å². The second kappa shape index (κ2) is 7.87. The number of benzene rings is 2. The Morgan fingerprint density at radius 2 is 1.96 bits per heavy atom. The van der Waals surface area contributed by atoms with E-state index in [1.165, 1.54) is 30.3 Å². The number of nitro benzene ring substituents is 1. The van der Waals surface area contributed by atoms with Crippen molar-refractivity contribution < 1.29 is 14.1 Å². The van der Waals surface area contributed by atoms with Crippen LogP contribution in [0.3, 0.4) is 0 Å². The lowest BCUT2D eigenvalue weighted by Crippen LogP contribution is -2.31. The largest absolute Gasteiger partial charge is 0.383 e. The fraction of sp³-hybridized carbons (Fsp3) is 0.158. The molecule has 0 aliphatic rings. The second-order valence-electron chi connectivity index (χ2n) is 6.09. The summed E-state index contributed by atoms with van der Waals surface area (Å²) >= 11 is 0. The third kappa shape index (κ3) is 3.83. The monoisotopic (exact) mass is 383 g/mol. The molecule has 1 heterocycles. The number of rotatable bonds is 6. The van der Waals surface area contributed by atoms with Gasteiger partial charge in [0.2, 0.25) is 0 Å². The number of nitrogens with zero attached hydrogens (tertiary/aromatic N) is 3. The Morgan fingerprint density at radius 3 is 2.54 bits per heavy atom. The van der Waals surface area contributed by atoms with Gasteiger partial charge in [0.15, 0.2) is 0 Å². The zero-order valence-corrected chi connectivity index (χ0v) is 15.2. The van der Waals surface area contributed by atoms with Crippen molar-refractivity contribution in [1.82, 2.24) is 14.9 Å². The van der Waals surface area contributed by atoms with Gasteiger partial charge in [-0.25, -0.2) is 9.37 Å². The predicted octanol–water partition coefficient (Wildman–Crippen LogP) is 3.03. The van der Waals surface area contributed by atoms with Gasteiger partial charge in [0.25, 0.3) is 11.6 Å². The third-order valence-corrected chi connectivity index (χ3v) is 4.32. The fourth-order valence-corrected chi connectivity index (χ4v) is 2.86. The van der Waals surface area contributed by atoms with Gasteiger partial charge < -0.3 is 15.2 Å². The Hall–Kier alpha value is -3.75. The highest BCUT2D eigenvalue weighted by molar-refractivity contribution is 5.96. The molecule has 8 nitrogen and oxygen atoms in total. The first-order valence-corrected chi connectivity index (χ1v) is 8.40. The Labute approximate surface area is 160 Å². The molecule has 144 valence electrons. The second-order valence-corrected chi connectivity index (χ2v) is 6.09. The zero-order valence-electron chi connectivity index (χ0n) is 15.2. The molecule has 0 bridgehead atoms. The summed E-state index contributed by atoms with van der Waals surface area (Å²) in [6.07, 6.45) is 3.31. The summed E-state index contributed by atoms with van der Waals surface area (Å²) in [6.45, 7) is 0. The molecule has 2 N–H and O–H groups in total. The highest BCUT2D eigenvalue weighted by Gasteiger charge is 2.23. The molecule has 0 saturated carbocycles. The maximum Gasteiger partial charge on any atom is 0.293 e. The van der Waals surface area contributed by atoms with Crippen molar-refractivity contribution in [3.8, 4) is 0 Å². The van der Waals surface area contributed by atoms with E-state index in [4.69, 9.17) is 0 Å². The Morgan fingerprint density at radius 1 is 1.25 bits per heavy atom. The van der Waals surface area contributed by atoms with E-state index in [0.717, 1.165) is 0 Å². The number of aromatic nitrogens is 2. The number of nitrogens with one attached hydrogen (secondary N) is 2. The molecule has 3 rings (SSSR count). The smallest absolute Gasteiger partial charge is 0.293 e. The summed E-state index contributed by atoms with van der Waals surface area (Å²) in [4.78, 5) is 27.8. The quantitative estimate of drug-likeness (QED) is 0.503. The lowest BCUT2D eigenvalue weighted by molar-refractivity contribution is -0.384. The van der Waals surface area contributed by atoms with Crippen LogP contribution >= 0.6 is 0 Å². The van der Waals surface area contributed by atoms with Crippen molar-refractivity contribution in [2.75, 3.05) is 12.4 Å². The topological polar surface area (TPSA) is 102 Å². The molecule has 0 fully saturated rings. The summed E-state index contributed by atoms with van der Waals surface area (Å²) in [7, 11) is 3.34. The van der Waals surface area contributed by atoms with E-state index in [2.05, 4.69) is 15.6 Å². The minimum atomic E-state index is -0.656. The average molecular weight is 383 g/mol. The van der Waals surface area contributed by atoms with E-state index in [1.54, 1.807) is 43.2 Å². The number of carbonyl (C=O) groups is 1. The van der Waals surface area contributed by atoms with Gasteiger partial charge in [0.05, 0.1) is 4.92 Å². The number of hydrogen-bond acceptors (Lipinski definition) is 5. The van der Waals surface area contributed by atoms with Crippen LogP contribution in [-0.4, -0.2) is 27.4 Å². The summed E-state index contributed by atoms with van der Waals surface area (Å²) < 4.78 is 15.0. The van der Waals surface area contributed by atoms with Gasteiger partial charge in [-0.15, -0.1) is 0 Å². The predicted molar refractivity (Wildman–Crippen MR) is 102 cm³/mol. The molecule has 0 aliphatic heterocycles. The highest BCUT2D eigenvalue weighted by atomic mass is 19.1. The zero-order chi connectivity index (χ0) is 20.3. The Bertz CT molecular complexity index is 1020. The first-order valence-electron chi connectivity index (χ1n) is 8.40. The van der Waals surface area contributed by atoms with Crippen LogP contribution in [-0.2, 0) is 7.05 Å². The van der Waals surface area contributed by atoms with Crippen LogP contribution in [0.2, 0.25) is 0 Å². The standard InChI is InChI=1S/C19H18FN5O3/c1-21-15-8-5-13(11-16(15)25(27)28)19(26)23-17(18-22-9-10-24(18)2)12-3-6-14(20)7-4-12/h3-11,17,21H,1-2H3,(H,23,26). The summed E-state index contributed by atoms with van der Waals surface area (Å²) in [6, 6.07) is 9.23. The highest BCUT2D eigenvalue weighted by Crippen LogP contribution is 2.26. The van der Waals surface area contributed by atoms with Gasteiger partial charge in [0, 0.05) is 38.1 Å². The van der Waals surface area contributed by atoms with Gasteiger partial charge in [-0.1, -0.05) is 12.1 Å². The molecule has 28 heavy (non-hydrogen) atoms. The third-order valence-electron chi connectivity index (χ3n) is 4.32. The molecule has 0 spiro atoms. The lowest BCUT2D eigenvalue weighted by Gasteiger charge is -2.19. The fourth-order valence-electron chi connectivity index (χ4n) is 2.86. The Kier molecular flexibility index (Phi) is 5.35. The molecule has 1 amide bonds. The van der Waals surface area contributed by atoms with Crippen molar-refractivity contribution in [3.63, 3.8) is 0 Å². The van der Waals surface area contributed by atoms with Crippen molar-refractivity contribution in [2.24, 2.45) is 7.05 Å². The van der Waals surface area contributed by atoms with Crippen LogP contribution in [0.4, 0.5) is 15.8 Å². The van der Waals surface area contributed by atoms with Gasteiger partial charge >= 0.3 is 0 Å². The number of amides is 1. The van der Waals surface area contributed by atoms with Gasteiger partial charge in [-0.05, 0) is 29.8 Å². The molecule has 0 saturated heterocycles. The molecule has 0 aliphatic carbocycles. The molecule has 1 aromatic heterocycles. The number of imidazole rings is 1. The molecule has 0 radical (unpaired) electrons. The van der Waals surface area contributed by atoms with Gasteiger partial charge in [-0.2, -0.15) is 0 Å². The van der Waals surface area contributed by atoms with Crippen LogP contribution in [0.25, 0.3) is 0 Å². The van der Waals surface area contributed by atoms with Crippen molar-refractivity contribution in [2.45, 2.75) is 6.04 Å². The van der Waals surface area contributed by atoms with E-state index in [0.29, 0.717) is 17.1 Å². The maximum absolute atomic E-state index is 13.3. The lowest BCUT2D eigenvalue weighted by atomic mass is 10.0. The average Bonchev–Trinajstić information content (AvgIpc) is 3.11. The van der Waals surface area contributed by atoms with Crippen LogP contribution < -0.4 is 10.6 Å². The summed E-state index contributed by atoms with van der Waals surface area (Å²) in [5.41, 5.74) is 0.864. The minimum absolute atomic E-state index is 0.132. The van der Waals surface area contributed by atoms with Crippen molar-refractivity contribution >= 4 is 17.3 Å². The normalized spacial score (nSPS) is 11.7. The number of aryl methyl sites for hydroxylation is 1. The number of nitro groups is 1.